The predicted octanol–water partition coefficient (Wildman–Crippen LogP) is 4.19. The summed E-state index contributed by atoms with van der Waals surface area (Å²) in [5.74, 6) is 0. The van der Waals surface area contributed by atoms with Gasteiger partial charge < -0.3 is 4.57 Å². The average molecular weight is 329 g/mol. The van der Waals surface area contributed by atoms with Crippen LogP contribution in [0.3, 0.4) is 0 Å². The van der Waals surface area contributed by atoms with Crippen molar-refractivity contribution in [2.75, 3.05) is 5.43 Å². The van der Waals surface area contributed by atoms with Crippen molar-refractivity contribution >= 4 is 40.1 Å². The van der Waals surface area contributed by atoms with E-state index in [0.29, 0.717) is 10.8 Å². The van der Waals surface area contributed by atoms with Crippen LogP contribution in [0.1, 0.15) is 5.56 Å². The minimum Gasteiger partial charge on any atom is -0.334 e. The van der Waals surface area contributed by atoms with E-state index in [9.17, 15) is 10.1 Å². The summed E-state index contributed by atoms with van der Waals surface area (Å²) in [5, 5.41) is 16.4. The van der Waals surface area contributed by atoms with Crippen molar-refractivity contribution in [3.05, 3.63) is 69.4 Å². The Morgan fingerprint density at radius 1 is 1.22 bits per heavy atom. The Bertz CT molecular complexity index is 900. The number of anilines is 1. The highest BCUT2D eigenvalue weighted by atomic mass is 35.5. The molecule has 3 rings (SSSR count). The van der Waals surface area contributed by atoms with Crippen molar-refractivity contribution in [1.29, 1.82) is 0 Å². The Labute approximate surface area is 137 Å². The minimum atomic E-state index is -0.442. The molecule has 2 aromatic carbocycles. The maximum absolute atomic E-state index is 10.6. The van der Waals surface area contributed by atoms with Crippen molar-refractivity contribution in [1.82, 2.24) is 4.57 Å². The first-order valence-electron chi connectivity index (χ1n) is 6.84. The highest BCUT2D eigenvalue weighted by Crippen LogP contribution is 2.27. The average Bonchev–Trinajstić information content (AvgIpc) is 2.81. The zero-order valence-electron chi connectivity index (χ0n) is 12.2. The molecule has 0 spiro atoms. The fourth-order valence-corrected chi connectivity index (χ4v) is 2.58. The van der Waals surface area contributed by atoms with Crippen molar-refractivity contribution in [3.63, 3.8) is 0 Å². The summed E-state index contributed by atoms with van der Waals surface area (Å²) < 4.78 is 1.89. The van der Waals surface area contributed by atoms with Crippen molar-refractivity contribution in [3.8, 4) is 0 Å². The second-order valence-corrected chi connectivity index (χ2v) is 5.31. The molecule has 0 fully saturated rings. The van der Waals surface area contributed by atoms with Crippen LogP contribution >= 0.6 is 11.6 Å². The molecule has 1 N–H and O–H groups in total. The summed E-state index contributed by atoms with van der Waals surface area (Å²) >= 11 is 6.34. The van der Waals surface area contributed by atoms with E-state index in [1.54, 1.807) is 18.3 Å². The van der Waals surface area contributed by atoms with Crippen LogP contribution in [0, 0.1) is 10.1 Å². The first kappa shape index (κ1) is 15.1. The molecule has 116 valence electrons. The van der Waals surface area contributed by atoms with E-state index in [4.69, 9.17) is 11.6 Å². The third-order valence-electron chi connectivity index (χ3n) is 3.54. The molecule has 1 heterocycles. The summed E-state index contributed by atoms with van der Waals surface area (Å²) in [6.07, 6.45) is 1.64. The molecule has 7 heteroatoms. The molecule has 0 aliphatic rings. The number of non-ortho nitro benzene ring substituents is 1. The van der Waals surface area contributed by atoms with Crippen molar-refractivity contribution in [2.45, 2.75) is 0 Å². The monoisotopic (exact) mass is 328 g/mol. The first-order chi connectivity index (χ1) is 11.1. The zero-order valence-corrected chi connectivity index (χ0v) is 13.0. The minimum absolute atomic E-state index is 0.0385. The topological polar surface area (TPSA) is 72.5 Å². The Morgan fingerprint density at radius 2 is 1.91 bits per heavy atom. The van der Waals surface area contributed by atoms with Gasteiger partial charge in [0, 0.05) is 35.6 Å². The van der Waals surface area contributed by atoms with Crippen LogP contribution in [0.4, 0.5) is 11.4 Å². The van der Waals surface area contributed by atoms with E-state index in [1.165, 1.54) is 12.1 Å². The number of benzene rings is 2. The molecule has 0 atom stereocenters. The molecule has 0 bridgehead atoms. The predicted molar refractivity (Wildman–Crippen MR) is 92.2 cm³/mol. The number of nitrogens with one attached hydrogen (secondary N) is 1. The quantitative estimate of drug-likeness (QED) is 0.443. The Hall–Kier alpha value is -2.86. The summed E-state index contributed by atoms with van der Waals surface area (Å²) in [6.45, 7) is 0. The summed E-state index contributed by atoms with van der Waals surface area (Å²) in [6, 6.07) is 13.9. The number of nitrogens with zero attached hydrogens (tertiary/aromatic N) is 3. The second-order valence-electron chi connectivity index (χ2n) is 4.95. The number of halogens is 1. The Balaban J connectivity index is 1.83. The summed E-state index contributed by atoms with van der Waals surface area (Å²) in [7, 11) is 1.89. The standard InChI is InChI=1S/C16H13ClN4O2/c1-20-15-5-3-2-4-13(15)14(16(20)17)10-18-19-11-6-8-12(9-7-11)21(22)23/h2-10,19H,1H3/b18-10+. The normalized spacial score (nSPS) is 11.2. The van der Waals surface area contributed by atoms with Gasteiger partial charge in [0.1, 0.15) is 5.15 Å². The smallest absolute Gasteiger partial charge is 0.269 e. The van der Waals surface area contributed by atoms with Crippen LogP contribution < -0.4 is 5.43 Å². The van der Waals surface area contributed by atoms with Crippen molar-refractivity contribution < 1.29 is 4.92 Å². The van der Waals surface area contributed by atoms with Gasteiger partial charge in [0.2, 0.25) is 0 Å². The molecule has 0 saturated carbocycles. The maximum Gasteiger partial charge on any atom is 0.269 e. The molecule has 0 saturated heterocycles. The van der Waals surface area contributed by atoms with E-state index in [1.807, 2.05) is 35.9 Å². The van der Waals surface area contributed by atoms with Gasteiger partial charge in [-0.3, -0.25) is 15.5 Å². The zero-order chi connectivity index (χ0) is 16.4. The molecule has 0 unspecified atom stereocenters. The maximum atomic E-state index is 10.6. The summed E-state index contributed by atoms with van der Waals surface area (Å²) in [4.78, 5) is 10.2. The highest BCUT2D eigenvalue weighted by molar-refractivity contribution is 6.34. The van der Waals surface area contributed by atoms with Gasteiger partial charge in [-0.2, -0.15) is 5.10 Å². The molecule has 3 aromatic rings. The lowest BCUT2D eigenvalue weighted by atomic mass is 10.2. The molecule has 0 amide bonds. The van der Waals surface area contributed by atoms with Gasteiger partial charge in [-0.15, -0.1) is 0 Å². The van der Waals surface area contributed by atoms with E-state index >= 15 is 0 Å². The molecule has 23 heavy (non-hydrogen) atoms. The van der Waals surface area contributed by atoms with Gasteiger partial charge in [0.25, 0.3) is 5.69 Å². The number of hydrazone groups is 1. The lowest BCUT2D eigenvalue weighted by Gasteiger charge is -1.99. The molecular formula is C16H13ClN4O2. The van der Waals surface area contributed by atoms with Crippen LogP contribution in [-0.4, -0.2) is 15.7 Å². The van der Waals surface area contributed by atoms with Crippen LogP contribution in [0.5, 0.6) is 0 Å². The molecule has 6 nitrogen and oxygen atoms in total. The third-order valence-corrected chi connectivity index (χ3v) is 3.99. The Kier molecular flexibility index (Phi) is 3.99. The van der Waals surface area contributed by atoms with Crippen LogP contribution in [0.15, 0.2) is 53.6 Å². The molecule has 0 radical (unpaired) electrons. The number of nitro benzene ring substituents is 1. The van der Waals surface area contributed by atoms with Crippen LogP contribution in [0.2, 0.25) is 5.15 Å². The van der Waals surface area contributed by atoms with E-state index in [-0.39, 0.29) is 5.69 Å². The number of para-hydroxylation sites is 1. The number of rotatable bonds is 4. The fraction of sp³-hybridized carbons (Fsp3) is 0.0625. The largest absolute Gasteiger partial charge is 0.334 e. The second kappa shape index (κ2) is 6.10. The molecule has 0 aliphatic heterocycles. The van der Waals surface area contributed by atoms with E-state index in [2.05, 4.69) is 10.5 Å². The first-order valence-corrected chi connectivity index (χ1v) is 7.22. The fourth-order valence-electron chi connectivity index (χ4n) is 2.34. The highest BCUT2D eigenvalue weighted by Gasteiger charge is 2.11. The number of aryl methyl sites for hydroxylation is 1. The Morgan fingerprint density at radius 3 is 2.61 bits per heavy atom. The third kappa shape index (κ3) is 2.89. The van der Waals surface area contributed by atoms with Gasteiger partial charge in [-0.05, 0) is 18.2 Å². The molecule has 0 aliphatic carbocycles. The van der Waals surface area contributed by atoms with E-state index in [0.717, 1.165) is 16.5 Å². The van der Waals surface area contributed by atoms with Crippen molar-refractivity contribution in [2.24, 2.45) is 12.1 Å². The number of aromatic nitrogens is 1. The van der Waals surface area contributed by atoms with Gasteiger partial charge in [0.05, 0.1) is 16.8 Å². The number of fused-ring (bicyclic) bond motifs is 1. The lowest BCUT2D eigenvalue weighted by Crippen LogP contribution is -1.92. The molecular weight excluding hydrogens is 316 g/mol. The van der Waals surface area contributed by atoms with Gasteiger partial charge in [0.15, 0.2) is 0 Å². The number of nitro groups is 1. The summed E-state index contributed by atoms with van der Waals surface area (Å²) in [5.41, 5.74) is 5.37. The lowest BCUT2D eigenvalue weighted by molar-refractivity contribution is -0.384. The molecule has 1 aromatic heterocycles. The SMILES string of the molecule is Cn1c(Cl)c(/C=N/Nc2ccc([N+](=O)[O-])cc2)c2ccccc21. The van der Waals surface area contributed by atoms with Gasteiger partial charge in [-0.1, -0.05) is 29.8 Å². The van der Waals surface area contributed by atoms with Gasteiger partial charge >= 0.3 is 0 Å². The number of hydrogen-bond acceptors (Lipinski definition) is 4. The van der Waals surface area contributed by atoms with E-state index < -0.39 is 4.92 Å². The van der Waals surface area contributed by atoms with Gasteiger partial charge in [-0.25, -0.2) is 0 Å². The number of hydrogen-bond donors (Lipinski definition) is 1. The van der Waals surface area contributed by atoms with Crippen LogP contribution in [-0.2, 0) is 7.05 Å². The van der Waals surface area contributed by atoms with Crippen LogP contribution in [0.25, 0.3) is 10.9 Å².